The van der Waals surface area contributed by atoms with Crippen LogP contribution in [-0.4, -0.2) is 13.1 Å². The number of benzene rings is 1. The first kappa shape index (κ1) is 10.3. The molecule has 2 rings (SSSR count). The van der Waals surface area contributed by atoms with Gasteiger partial charge in [-0.25, -0.2) is 4.39 Å². The zero-order chi connectivity index (χ0) is 10.8. The summed E-state index contributed by atoms with van der Waals surface area (Å²) in [5.74, 6) is -0.268. The smallest absolute Gasteiger partial charge is 0.125 e. The first-order valence-corrected chi connectivity index (χ1v) is 5.46. The Morgan fingerprint density at radius 3 is 2.60 bits per heavy atom. The van der Waals surface area contributed by atoms with E-state index in [0.717, 1.165) is 5.69 Å². The Morgan fingerprint density at radius 2 is 2.00 bits per heavy atom. The van der Waals surface area contributed by atoms with E-state index in [0.29, 0.717) is 11.7 Å². The van der Waals surface area contributed by atoms with E-state index in [1.165, 1.54) is 37.8 Å². The van der Waals surface area contributed by atoms with Crippen LogP contribution in [0.3, 0.4) is 0 Å². The van der Waals surface area contributed by atoms with Gasteiger partial charge in [-0.3, -0.25) is 0 Å². The Bertz CT molecular complexity index is 345. The standard InChI is InChI=1S/C12H17FN2/c1-15(10-4-2-3-5-10)12-7-6-9(13)8-11(12)14/h6-8,10H,2-5,14H2,1H3. The van der Waals surface area contributed by atoms with E-state index >= 15 is 0 Å². The van der Waals surface area contributed by atoms with E-state index in [1.807, 2.05) is 7.05 Å². The van der Waals surface area contributed by atoms with E-state index in [1.54, 1.807) is 6.07 Å². The molecule has 1 fully saturated rings. The van der Waals surface area contributed by atoms with Crippen molar-refractivity contribution in [1.82, 2.24) is 0 Å². The second-order valence-electron chi connectivity index (χ2n) is 4.25. The molecule has 0 radical (unpaired) electrons. The number of nitrogen functional groups attached to an aromatic ring is 1. The molecule has 2 nitrogen and oxygen atoms in total. The van der Waals surface area contributed by atoms with Crippen LogP contribution < -0.4 is 10.6 Å². The highest BCUT2D eigenvalue weighted by Gasteiger charge is 2.20. The maximum absolute atomic E-state index is 12.9. The quantitative estimate of drug-likeness (QED) is 0.757. The third-order valence-electron chi connectivity index (χ3n) is 3.24. The fourth-order valence-corrected chi connectivity index (χ4v) is 2.33. The van der Waals surface area contributed by atoms with Gasteiger partial charge in [0.2, 0.25) is 0 Å². The Kier molecular flexibility index (Phi) is 2.80. The highest BCUT2D eigenvalue weighted by molar-refractivity contribution is 5.67. The van der Waals surface area contributed by atoms with Crippen LogP contribution in [0.5, 0.6) is 0 Å². The van der Waals surface area contributed by atoms with Crippen molar-refractivity contribution >= 4 is 11.4 Å². The molecule has 1 aromatic rings. The molecule has 1 aliphatic carbocycles. The number of rotatable bonds is 2. The van der Waals surface area contributed by atoms with Gasteiger partial charge in [0.1, 0.15) is 5.82 Å². The fourth-order valence-electron chi connectivity index (χ4n) is 2.33. The number of hydrogen-bond acceptors (Lipinski definition) is 2. The van der Waals surface area contributed by atoms with Crippen molar-refractivity contribution in [2.24, 2.45) is 0 Å². The molecule has 82 valence electrons. The highest BCUT2D eigenvalue weighted by atomic mass is 19.1. The molecule has 0 bridgehead atoms. The third kappa shape index (κ3) is 2.06. The van der Waals surface area contributed by atoms with Gasteiger partial charge in [0.25, 0.3) is 0 Å². The zero-order valence-electron chi connectivity index (χ0n) is 9.04. The van der Waals surface area contributed by atoms with Gasteiger partial charge >= 0.3 is 0 Å². The largest absolute Gasteiger partial charge is 0.397 e. The maximum Gasteiger partial charge on any atom is 0.125 e. The van der Waals surface area contributed by atoms with Crippen molar-refractivity contribution in [2.45, 2.75) is 31.7 Å². The van der Waals surface area contributed by atoms with Crippen LogP contribution in [0.1, 0.15) is 25.7 Å². The van der Waals surface area contributed by atoms with Crippen LogP contribution in [0, 0.1) is 5.82 Å². The first-order valence-electron chi connectivity index (χ1n) is 5.46. The lowest BCUT2D eigenvalue weighted by atomic mass is 10.1. The number of halogens is 1. The molecule has 15 heavy (non-hydrogen) atoms. The first-order chi connectivity index (χ1) is 7.18. The third-order valence-corrected chi connectivity index (χ3v) is 3.24. The summed E-state index contributed by atoms with van der Waals surface area (Å²) in [6.45, 7) is 0. The summed E-state index contributed by atoms with van der Waals surface area (Å²) in [5, 5.41) is 0. The topological polar surface area (TPSA) is 29.3 Å². The minimum Gasteiger partial charge on any atom is -0.397 e. The summed E-state index contributed by atoms with van der Waals surface area (Å²) >= 11 is 0. The molecule has 0 heterocycles. The van der Waals surface area contributed by atoms with Gasteiger partial charge in [0.15, 0.2) is 0 Å². The predicted octanol–water partition coefficient (Wildman–Crippen LogP) is 2.79. The van der Waals surface area contributed by atoms with Crippen LogP contribution >= 0.6 is 0 Å². The van der Waals surface area contributed by atoms with Gasteiger partial charge in [0, 0.05) is 13.1 Å². The molecule has 0 unspecified atom stereocenters. The van der Waals surface area contributed by atoms with Gasteiger partial charge in [-0.05, 0) is 31.0 Å². The molecule has 1 saturated carbocycles. The van der Waals surface area contributed by atoms with E-state index in [9.17, 15) is 4.39 Å². The second kappa shape index (κ2) is 4.09. The minimum atomic E-state index is -0.268. The molecule has 0 aliphatic heterocycles. The summed E-state index contributed by atoms with van der Waals surface area (Å²) in [5.41, 5.74) is 7.29. The molecule has 2 N–H and O–H groups in total. The van der Waals surface area contributed by atoms with E-state index in [2.05, 4.69) is 4.90 Å². The average Bonchev–Trinajstić information content (AvgIpc) is 2.69. The monoisotopic (exact) mass is 208 g/mol. The van der Waals surface area contributed by atoms with Gasteiger partial charge < -0.3 is 10.6 Å². The van der Waals surface area contributed by atoms with Crippen molar-refractivity contribution < 1.29 is 4.39 Å². The lowest BCUT2D eigenvalue weighted by Crippen LogP contribution is -2.29. The molecule has 0 saturated heterocycles. The van der Waals surface area contributed by atoms with Crippen molar-refractivity contribution in [2.75, 3.05) is 17.7 Å². The van der Waals surface area contributed by atoms with E-state index in [4.69, 9.17) is 5.73 Å². The minimum absolute atomic E-state index is 0.268. The molecular weight excluding hydrogens is 191 g/mol. The molecule has 0 aromatic heterocycles. The van der Waals surface area contributed by atoms with Crippen LogP contribution in [0.15, 0.2) is 18.2 Å². The van der Waals surface area contributed by atoms with Gasteiger partial charge in [-0.15, -0.1) is 0 Å². The Balaban J connectivity index is 2.20. The van der Waals surface area contributed by atoms with Crippen LogP contribution in [0.25, 0.3) is 0 Å². The number of hydrogen-bond donors (Lipinski definition) is 1. The molecule has 1 aliphatic rings. The molecular formula is C12H17FN2. The Labute approximate surface area is 89.9 Å². The summed E-state index contributed by atoms with van der Waals surface area (Å²) < 4.78 is 12.9. The summed E-state index contributed by atoms with van der Waals surface area (Å²) in [7, 11) is 2.04. The van der Waals surface area contributed by atoms with Crippen molar-refractivity contribution in [3.05, 3.63) is 24.0 Å². The normalized spacial score (nSPS) is 16.9. The zero-order valence-corrected chi connectivity index (χ0v) is 9.04. The molecule has 0 amide bonds. The van der Waals surface area contributed by atoms with Gasteiger partial charge in [-0.2, -0.15) is 0 Å². The average molecular weight is 208 g/mol. The van der Waals surface area contributed by atoms with Crippen LogP contribution in [-0.2, 0) is 0 Å². The van der Waals surface area contributed by atoms with Gasteiger partial charge in [0.05, 0.1) is 11.4 Å². The maximum atomic E-state index is 12.9. The Hall–Kier alpha value is -1.25. The number of anilines is 2. The lowest BCUT2D eigenvalue weighted by Gasteiger charge is -2.27. The lowest BCUT2D eigenvalue weighted by molar-refractivity contribution is 0.625. The fraction of sp³-hybridized carbons (Fsp3) is 0.500. The van der Waals surface area contributed by atoms with Crippen LogP contribution in [0.4, 0.5) is 15.8 Å². The van der Waals surface area contributed by atoms with Crippen molar-refractivity contribution in [1.29, 1.82) is 0 Å². The predicted molar refractivity (Wildman–Crippen MR) is 61.5 cm³/mol. The summed E-state index contributed by atoms with van der Waals surface area (Å²) in [6, 6.07) is 5.19. The van der Waals surface area contributed by atoms with Crippen molar-refractivity contribution in [3.8, 4) is 0 Å². The van der Waals surface area contributed by atoms with Crippen molar-refractivity contribution in [3.63, 3.8) is 0 Å². The molecule has 3 heteroatoms. The Morgan fingerprint density at radius 1 is 1.33 bits per heavy atom. The molecule has 1 aromatic carbocycles. The second-order valence-corrected chi connectivity index (χ2v) is 4.25. The van der Waals surface area contributed by atoms with Gasteiger partial charge in [-0.1, -0.05) is 12.8 Å². The van der Waals surface area contributed by atoms with E-state index < -0.39 is 0 Å². The number of nitrogens with zero attached hydrogens (tertiary/aromatic N) is 1. The SMILES string of the molecule is CN(c1ccc(F)cc1N)C1CCCC1. The summed E-state index contributed by atoms with van der Waals surface area (Å²) in [4.78, 5) is 2.18. The molecule has 0 spiro atoms. The summed E-state index contributed by atoms with van der Waals surface area (Å²) in [6.07, 6.45) is 5.01. The highest BCUT2D eigenvalue weighted by Crippen LogP contribution is 2.30. The molecule has 0 atom stereocenters. The van der Waals surface area contributed by atoms with Crippen LogP contribution in [0.2, 0.25) is 0 Å². The van der Waals surface area contributed by atoms with E-state index in [-0.39, 0.29) is 5.82 Å². The number of nitrogens with two attached hydrogens (primary N) is 1.